The Labute approximate surface area is 147 Å². The summed E-state index contributed by atoms with van der Waals surface area (Å²) in [5, 5.41) is 0.907. The van der Waals surface area contributed by atoms with Crippen molar-refractivity contribution in [2.24, 2.45) is 0 Å². The molecule has 0 atom stereocenters. The number of carbonyl (C=O) groups excluding carboxylic acids is 2. The minimum Gasteiger partial charge on any atom is -0.340 e. The molecule has 0 bridgehead atoms. The molecular weight excluding hydrogens is 314 g/mol. The largest absolute Gasteiger partial charge is 0.340 e. The van der Waals surface area contributed by atoms with Crippen LogP contribution in [0, 0.1) is 0 Å². The summed E-state index contributed by atoms with van der Waals surface area (Å²) in [5.41, 5.74) is 3.08. The lowest BCUT2D eigenvalue weighted by atomic mass is 10.1. The fourth-order valence-corrected chi connectivity index (χ4v) is 3.01. The van der Waals surface area contributed by atoms with Gasteiger partial charge in [0.25, 0.3) is 5.91 Å². The monoisotopic (exact) mass is 337 g/mol. The number of pyridine rings is 1. The minimum atomic E-state index is -0.00359. The van der Waals surface area contributed by atoms with E-state index in [1.165, 1.54) is 0 Å². The standard InChI is InChI=1S/C20H23N3O2/c1-14(24)15-9-10-18-19(20(25)22(4)12-11-21(2)3)16-7-5-6-8-17(16)23(18)13-15/h5-10,13H,11-12H2,1-4H3. The normalized spacial score (nSPS) is 11.4. The van der Waals surface area contributed by atoms with Gasteiger partial charge < -0.3 is 14.2 Å². The fourth-order valence-electron chi connectivity index (χ4n) is 3.01. The number of Topliss-reactive ketones (excluding diaryl/α,β-unsaturated/α-hetero) is 1. The van der Waals surface area contributed by atoms with E-state index in [1.807, 2.05) is 62.1 Å². The molecule has 3 aromatic rings. The van der Waals surface area contributed by atoms with E-state index in [9.17, 15) is 9.59 Å². The number of rotatable bonds is 5. The molecule has 0 aliphatic rings. The molecule has 1 aromatic carbocycles. The van der Waals surface area contributed by atoms with E-state index >= 15 is 0 Å². The summed E-state index contributed by atoms with van der Waals surface area (Å²) in [5.74, 6) is 0.00628. The molecule has 25 heavy (non-hydrogen) atoms. The van der Waals surface area contributed by atoms with Gasteiger partial charge in [-0.15, -0.1) is 0 Å². The molecule has 0 saturated carbocycles. The zero-order valence-electron chi connectivity index (χ0n) is 15.1. The summed E-state index contributed by atoms with van der Waals surface area (Å²) in [4.78, 5) is 28.6. The number of hydrogen-bond donors (Lipinski definition) is 0. The molecule has 2 heterocycles. The maximum absolute atomic E-state index is 13.1. The quantitative estimate of drug-likeness (QED) is 0.673. The Bertz CT molecular complexity index is 956. The Morgan fingerprint density at radius 1 is 0.960 bits per heavy atom. The number of para-hydroxylation sites is 1. The van der Waals surface area contributed by atoms with Gasteiger partial charge in [-0.25, -0.2) is 0 Å². The first kappa shape index (κ1) is 17.2. The molecule has 0 unspecified atom stereocenters. The molecule has 5 nitrogen and oxygen atoms in total. The second kappa shape index (κ2) is 6.69. The number of nitrogens with zero attached hydrogens (tertiary/aromatic N) is 3. The Morgan fingerprint density at radius 2 is 1.68 bits per heavy atom. The second-order valence-electron chi connectivity index (χ2n) is 6.65. The molecule has 3 rings (SSSR count). The number of ketones is 1. The average Bonchev–Trinajstić information content (AvgIpc) is 2.92. The van der Waals surface area contributed by atoms with Crippen molar-refractivity contribution in [3.8, 4) is 0 Å². The van der Waals surface area contributed by atoms with Crippen LogP contribution in [0.5, 0.6) is 0 Å². The van der Waals surface area contributed by atoms with Crippen LogP contribution in [0.4, 0.5) is 0 Å². The third-order valence-corrected chi connectivity index (χ3v) is 4.49. The van der Waals surface area contributed by atoms with Gasteiger partial charge in [0, 0.05) is 37.3 Å². The van der Waals surface area contributed by atoms with Crippen molar-refractivity contribution >= 4 is 28.1 Å². The highest BCUT2D eigenvalue weighted by atomic mass is 16.2. The first-order valence-electron chi connectivity index (χ1n) is 8.34. The summed E-state index contributed by atoms with van der Waals surface area (Å²) in [6, 6.07) is 11.5. The predicted octanol–water partition coefficient (Wildman–Crippen LogP) is 2.93. The Morgan fingerprint density at radius 3 is 2.36 bits per heavy atom. The smallest absolute Gasteiger partial charge is 0.256 e. The van der Waals surface area contributed by atoms with Gasteiger partial charge >= 0.3 is 0 Å². The van der Waals surface area contributed by atoms with Crippen LogP contribution in [0.15, 0.2) is 42.6 Å². The Balaban J connectivity index is 2.16. The van der Waals surface area contributed by atoms with E-state index in [0.717, 1.165) is 23.0 Å². The van der Waals surface area contributed by atoms with Crippen molar-refractivity contribution in [3.63, 3.8) is 0 Å². The van der Waals surface area contributed by atoms with Gasteiger partial charge in [-0.1, -0.05) is 18.2 Å². The van der Waals surface area contributed by atoms with Gasteiger partial charge in [0.05, 0.1) is 16.6 Å². The topological polar surface area (TPSA) is 45.0 Å². The summed E-state index contributed by atoms with van der Waals surface area (Å²) in [6.07, 6.45) is 1.82. The summed E-state index contributed by atoms with van der Waals surface area (Å²) >= 11 is 0. The molecule has 0 aliphatic carbocycles. The van der Waals surface area contributed by atoms with Crippen LogP contribution in [-0.2, 0) is 0 Å². The highest BCUT2D eigenvalue weighted by Crippen LogP contribution is 2.28. The zero-order chi connectivity index (χ0) is 18.1. The predicted molar refractivity (Wildman–Crippen MR) is 100 cm³/mol. The molecule has 0 spiro atoms. The van der Waals surface area contributed by atoms with Gasteiger partial charge in [0.15, 0.2) is 5.78 Å². The van der Waals surface area contributed by atoms with Crippen LogP contribution in [0.2, 0.25) is 0 Å². The summed E-state index contributed by atoms with van der Waals surface area (Å²) in [7, 11) is 5.81. The van der Waals surface area contributed by atoms with E-state index in [0.29, 0.717) is 17.7 Å². The average molecular weight is 337 g/mol. The Hall–Kier alpha value is -2.66. The minimum absolute atomic E-state index is 0.00359. The number of hydrogen-bond acceptors (Lipinski definition) is 3. The van der Waals surface area contributed by atoms with Crippen molar-refractivity contribution in [2.45, 2.75) is 6.92 Å². The number of benzene rings is 1. The van der Waals surface area contributed by atoms with Gasteiger partial charge in [0.1, 0.15) is 0 Å². The molecule has 0 saturated heterocycles. The van der Waals surface area contributed by atoms with Gasteiger partial charge in [-0.3, -0.25) is 9.59 Å². The van der Waals surface area contributed by atoms with Crippen LogP contribution in [0.1, 0.15) is 27.6 Å². The summed E-state index contributed by atoms with van der Waals surface area (Å²) in [6.45, 7) is 3.01. The van der Waals surface area contributed by atoms with E-state index < -0.39 is 0 Å². The van der Waals surface area contributed by atoms with Gasteiger partial charge in [0.2, 0.25) is 0 Å². The number of carbonyl (C=O) groups is 2. The van der Waals surface area contributed by atoms with Crippen molar-refractivity contribution in [1.29, 1.82) is 0 Å². The maximum Gasteiger partial charge on any atom is 0.256 e. The molecule has 1 amide bonds. The number of amides is 1. The van der Waals surface area contributed by atoms with Gasteiger partial charge in [-0.2, -0.15) is 0 Å². The summed E-state index contributed by atoms with van der Waals surface area (Å²) < 4.78 is 1.94. The molecule has 0 fully saturated rings. The molecule has 5 heteroatoms. The third kappa shape index (κ3) is 3.15. The lowest BCUT2D eigenvalue weighted by Gasteiger charge is -2.19. The van der Waals surface area contributed by atoms with Gasteiger partial charge in [-0.05, 0) is 39.2 Å². The van der Waals surface area contributed by atoms with Crippen molar-refractivity contribution in [2.75, 3.05) is 34.2 Å². The highest BCUT2D eigenvalue weighted by Gasteiger charge is 2.21. The van der Waals surface area contributed by atoms with E-state index in [2.05, 4.69) is 4.90 Å². The molecule has 2 aromatic heterocycles. The Kier molecular flexibility index (Phi) is 4.59. The molecule has 0 N–H and O–H groups in total. The number of fused-ring (bicyclic) bond motifs is 3. The molecule has 0 aliphatic heterocycles. The first-order valence-corrected chi connectivity index (χ1v) is 8.34. The fraction of sp³-hybridized carbons (Fsp3) is 0.300. The van der Waals surface area contributed by atoms with E-state index in [1.54, 1.807) is 17.9 Å². The molecule has 0 radical (unpaired) electrons. The maximum atomic E-state index is 13.1. The van der Waals surface area contributed by atoms with Crippen molar-refractivity contribution < 1.29 is 9.59 Å². The van der Waals surface area contributed by atoms with Crippen LogP contribution in [-0.4, -0.2) is 60.1 Å². The van der Waals surface area contributed by atoms with Crippen molar-refractivity contribution in [3.05, 3.63) is 53.7 Å². The first-order chi connectivity index (χ1) is 11.9. The number of aromatic nitrogens is 1. The SMILES string of the molecule is CC(=O)c1ccc2c(C(=O)N(C)CCN(C)C)c3ccccc3n2c1. The van der Waals surface area contributed by atoms with Crippen LogP contribution < -0.4 is 0 Å². The van der Waals surface area contributed by atoms with Crippen molar-refractivity contribution in [1.82, 2.24) is 14.2 Å². The zero-order valence-corrected chi connectivity index (χ0v) is 15.1. The molecule has 130 valence electrons. The lowest BCUT2D eigenvalue weighted by Crippen LogP contribution is -2.33. The molecular formula is C20H23N3O2. The van der Waals surface area contributed by atoms with Crippen LogP contribution >= 0.6 is 0 Å². The highest BCUT2D eigenvalue weighted by molar-refractivity contribution is 6.14. The number of likely N-dealkylation sites (N-methyl/N-ethyl adjacent to an activating group) is 2. The lowest BCUT2D eigenvalue weighted by molar-refractivity contribution is 0.0790. The van der Waals surface area contributed by atoms with Crippen LogP contribution in [0.3, 0.4) is 0 Å². The second-order valence-corrected chi connectivity index (χ2v) is 6.65. The third-order valence-electron chi connectivity index (χ3n) is 4.49. The van der Waals surface area contributed by atoms with E-state index in [4.69, 9.17) is 0 Å². The van der Waals surface area contributed by atoms with Crippen LogP contribution in [0.25, 0.3) is 16.4 Å². The van der Waals surface area contributed by atoms with E-state index in [-0.39, 0.29) is 11.7 Å².